The minimum atomic E-state index is -0.256. The van der Waals surface area contributed by atoms with E-state index in [4.69, 9.17) is 0 Å². The van der Waals surface area contributed by atoms with Gasteiger partial charge < -0.3 is 0 Å². The third kappa shape index (κ3) is 0.950. The van der Waals surface area contributed by atoms with E-state index in [-0.39, 0.29) is 21.3 Å². The maximum Gasteiger partial charge on any atom is 0.144 e. The molecule has 1 aliphatic rings. The molecule has 0 atom stereocenters. The van der Waals surface area contributed by atoms with Crippen LogP contribution >= 0.6 is 32.6 Å². The molecule has 1 aromatic rings. The van der Waals surface area contributed by atoms with Gasteiger partial charge in [0.2, 0.25) is 0 Å². The van der Waals surface area contributed by atoms with Gasteiger partial charge in [-0.15, -0.1) is 11.3 Å². The largest absolute Gasteiger partial charge is 0.212 e. The number of rotatable bonds is 0. The Bertz CT molecular complexity index is 390. The highest BCUT2D eigenvalue weighted by atomic mass is 127. The molecule has 0 amide bonds. The van der Waals surface area contributed by atoms with E-state index in [0.717, 1.165) is 0 Å². The van der Waals surface area contributed by atoms with E-state index in [9.17, 15) is 0 Å². The fraction of sp³-hybridized carbons (Fsp3) is 0.167. The van der Waals surface area contributed by atoms with Crippen LogP contribution in [0.2, 0.25) is 0 Å². The summed E-state index contributed by atoms with van der Waals surface area (Å²) in [6.45, 7) is 2.10. The summed E-state index contributed by atoms with van der Waals surface area (Å²) < 4.78 is 9.70. The molecule has 52 valence electrons. The summed E-state index contributed by atoms with van der Waals surface area (Å²) in [6, 6.07) is 0. The van der Waals surface area contributed by atoms with Crippen molar-refractivity contribution in [2.75, 3.05) is 0 Å². The van der Waals surface area contributed by atoms with E-state index in [1.807, 2.05) is 6.20 Å². The van der Waals surface area contributed by atoms with Crippen LogP contribution in [0.5, 0.6) is 0 Å². The second kappa shape index (κ2) is 2.50. The Hall–Kier alpha value is -0.100. The minimum absolute atomic E-state index is 0.256. The van der Waals surface area contributed by atoms with Gasteiger partial charge in [-0.25, -0.2) is 3.15 Å². The Morgan fingerprint density at radius 1 is 1.60 bits per heavy atom. The van der Waals surface area contributed by atoms with Crippen LogP contribution in [0.15, 0.2) is 11.7 Å². The van der Waals surface area contributed by atoms with Crippen molar-refractivity contribution in [3.8, 4) is 0 Å². The van der Waals surface area contributed by atoms with Crippen LogP contribution in [-0.2, 0) is 0 Å². The molecule has 0 unspecified atom stereocenters. The van der Waals surface area contributed by atoms with Crippen molar-refractivity contribution < 1.29 is 0 Å². The number of thiophene rings is 1. The molecule has 1 aromatic heterocycles. The number of hydrogen-bond acceptors (Lipinski definition) is 3. The first-order chi connectivity index (χ1) is 4.88. The lowest BCUT2D eigenvalue weighted by molar-refractivity contribution is 1.42. The zero-order valence-corrected chi connectivity index (χ0v) is 8.31. The molecule has 0 fully saturated rings. The van der Waals surface area contributed by atoms with Crippen LogP contribution in [0.1, 0.15) is 5.56 Å². The highest BCUT2D eigenvalue weighted by Gasteiger charge is 1.96. The molecule has 0 aromatic carbocycles. The lowest BCUT2D eigenvalue weighted by Crippen LogP contribution is -2.20. The molecule has 1 aliphatic heterocycles. The summed E-state index contributed by atoms with van der Waals surface area (Å²) >= 11 is 1.47. The molecule has 0 bridgehead atoms. The third-order valence-electron chi connectivity index (χ3n) is 1.34. The maximum atomic E-state index is 4.34. The Morgan fingerprint density at radius 2 is 2.50 bits per heavy atom. The monoisotopic (exact) mass is 264 g/mol. The summed E-state index contributed by atoms with van der Waals surface area (Å²) in [6.07, 6.45) is 1.96. The predicted molar refractivity (Wildman–Crippen MR) is 50.8 cm³/mol. The first-order valence-corrected chi connectivity index (χ1v) is 5.65. The van der Waals surface area contributed by atoms with Crippen molar-refractivity contribution in [3.05, 3.63) is 20.8 Å². The molecular formula is C6H5IN2S. The van der Waals surface area contributed by atoms with Crippen molar-refractivity contribution in [2.24, 2.45) is 6.35 Å². The van der Waals surface area contributed by atoms with Crippen LogP contribution in [0.25, 0.3) is 6.20 Å². The lowest BCUT2D eigenvalue weighted by atomic mass is 10.3. The Morgan fingerprint density at radius 3 is 3.30 bits per heavy atom. The van der Waals surface area contributed by atoms with Gasteiger partial charge in [0.05, 0.1) is 0 Å². The number of aryl methyl sites for hydroxylation is 1. The van der Waals surface area contributed by atoms with E-state index < -0.39 is 0 Å². The van der Waals surface area contributed by atoms with Gasteiger partial charge in [-0.3, -0.25) is 0 Å². The van der Waals surface area contributed by atoms with Gasteiger partial charge in [0, 0.05) is 11.4 Å². The fourth-order valence-electron chi connectivity index (χ4n) is 0.789. The molecule has 2 heterocycles. The Balaban J connectivity index is 2.96. The first-order valence-electron chi connectivity index (χ1n) is 2.84. The summed E-state index contributed by atoms with van der Waals surface area (Å²) in [7, 11) is 0. The maximum absolute atomic E-state index is 4.34. The smallest absolute Gasteiger partial charge is 0.144 e. The highest BCUT2D eigenvalue weighted by Crippen LogP contribution is 2.05. The van der Waals surface area contributed by atoms with Crippen molar-refractivity contribution >= 4 is 38.8 Å². The second-order valence-corrected chi connectivity index (χ2v) is 4.35. The lowest BCUT2D eigenvalue weighted by Gasteiger charge is -1.83. The molecule has 0 aliphatic carbocycles. The molecular weight excluding hydrogens is 259 g/mol. The fourth-order valence-corrected chi connectivity index (χ4v) is 3.12. The third-order valence-corrected chi connectivity index (χ3v) is 3.90. The van der Waals surface area contributed by atoms with E-state index in [0.29, 0.717) is 0 Å². The average molecular weight is 264 g/mol. The summed E-state index contributed by atoms with van der Waals surface area (Å²) in [5, 5.41) is 3.37. The summed E-state index contributed by atoms with van der Waals surface area (Å²) in [4.78, 5) is 0. The van der Waals surface area contributed by atoms with Crippen LogP contribution in [0.3, 0.4) is 0 Å². The molecule has 4 heteroatoms. The SMILES string of the molecule is Cc1csc2c1=CN=IN=2. The van der Waals surface area contributed by atoms with E-state index in [2.05, 4.69) is 18.7 Å². The molecule has 2 rings (SSSR count). The highest BCUT2D eigenvalue weighted by molar-refractivity contribution is 14.1. The number of halogens is 1. The quantitative estimate of drug-likeness (QED) is 0.634. The molecule has 0 spiro atoms. The number of fused-ring (bicyclic) bond motifs is 1. The topological polar surface area (TPSA) is 24.7 Å². The first kappa shape index (κ1) is 6.60. The Kier molecular flexibility index (Phi) is 1.65. The predicted octanol–water partition coefficient (Wildman–Crippen LogP) is 1.50. The Labute approximate surface area is 72.8 Å². The van der Waals surface area contributed by atoms with Crippen LogP contribution in [0, 0.1) is 6.92 Å². The minimum Gasteiger partial charge on any atom is -0.212 e. The van der Waals surface area contributed by atoms with Gasteiger partial charge >= 0.3 is 0 Å². The molecule has 0 N–H and O–H groups in total. The van der Waals surface area contributed by atoms with E-state index in [1.54, 1.807) is 11.3 Å². The molecule has 0 saturated carbocycles. The van der Waals surface area contributed by atoms with Crippen molar-refractivity contribution in [1.82, 2.24) is 0 Å². The number of hydrogen-bond donors (Lipinski definition) is 0. The normalized spacial score (nSPS) is 14.5. The molecule has 0 saturated heterocycles. The zero-order chi connectivity index (χ0) is 6.97. The van der Waals surface area contributed by atoms with Crippen LogP contribution < -0.4 is 9.89 Å². The van der Waals surface area contributed by atoms with E-state index in [1.165, 1.54) is 15.5 Å². The summed E-state index contributed by atoms with van der Waals surface area (Å²) in [5.41, 5.74) is 1.30. The molecule has 0 radical (unpaired) electrons. The van der Waals surface area contributed by atoms with Crippen LogP contribution in [0.4, 0.5) is 0 Å². The van der Waals surface area contributed by atoms with Crippen LogP contribution in [-0.4, -0.2) is 0 Å². The van der Waals surface area contributed by atoms with Gasteiger partial charge in [-0.1, -0.05) is 0 Å². The van der Waals surface area contributed by atoms with Crippen molar-refractivity contribution in [2.45, 2.75) is 6.92 Å². The van der Waals surface area contributed by atoms with E-state index >= 15 is 0 Å². The van der Waals surface area contributed by atoms with Gasteiger partial charge in [0.25, 0.3) is 0 Å². The van der Waals surface area contributed by atoms with Crippen molar-refractivity contribution in [1.29, 1.82) is 0 Å². The van der Waals surface area contributed by atoms with Gasteiger partial charge in [0.15, 0.2) is 0 Å². The molecule has 2 nitrogen and oxygen atoms in total. The second-order valence-electron chi connectivity index (χ2n) is 2.02. The van der Waals surface area contributed by atoms with Gasteiger partial charge in [0.1, 0.15) is 26.0 Å². The summed E-state index contributed by atoms with van der Waals surface area (Å²) in [5.74, 6) is 0. The molecule has 10 heavy (non-hydrogen) atoms. The standard InChI is InChI=1S/C6H5IN2S/c1-4-3-10-6-5(4)2-8-7-9-6/h2-3H,1H3. The average Bonchev–Trinajstić information content (AvgIpc) is 2.34. The van der Waals surface area contributed by atoms with Gasteiger partial charge in [-0.2, -0.15) is 3.21 Å². The number of nitrogens with zero attached hydrogens (tertiary/aromatic N) is 2. The van der Waals surface area contributed by atoms with Crippen molar-refractivity contribution in [3.63, 3.8) is 0 Å². The zero-order valence-electron chi connectivity index (χ0n) is 5.34. The van der Waals surface area contributed by atoms with Gasteiger partial charge in [-0.05, 0) is 17.9 Å².